The highest BCUT2D eigenvalue weighted by Gasteiger charge is 2.22. The van der Waals surface area contributed by atoms with Crippen LogP contribution >= 0.6 is 0 Å². The number of aryl methyl sites for hydroxylation is 1. The number of aliphatic carboxylic acids is 1. The van der Waals surface area contributed by atoms with Crippen molar-refractivity contribution in [1.29, 1.82) is 0 Å². The van der Waals surface area contributed by atoms with Gasteiger partial charge >= 0.3 is 5.97 Å². The fourth-order valence-electron chi connectivity index (χ4n) is 1.80. The molecule has 2 aromatic rings. The monoisotopic (exact) mass is 222 g/mol. The predicted octanol–water partition coefficient (Wildman–Crippen LogP) is 1.97. The van der Waals surface area contributed by atoms with Crippen molar-refractivity contribution >= 4 is 11.6 Å². The second-order valence-electron chi connectivity index (χ2n) is 3.69. The number of imidazole rings is 1. The Morgan fingerprint density at radius 3 is 2.94 bits per heavy atom. The van der Waals surface area contributed by atoms with Crippen LogP contribution in [-0.4, -0.2) is 20.5 Å². The lowest BCUT2D eigenvalue weighted by molar-refractivity contribution is -0.138. The summed E-state index contributed by atoms with van der Waals surface area (Å²) in [4.78, 5) is 15.0. The molecule has 0 bridgehead atoms. The minimum Gasteiger partial charge on any atom is -0.481 e. The van der Waals surface area contributed by atoms with Crippen LogP contribution in [0, 0.1) is 12.7 Å². The average Bonchev–Trinajstić information content (AvgIpc) is 2.55. The Labute approximate surface area is 91.4 Å². The molecule has 0 aliphatic heterocycles. The highest BCUT2D eigenvalue weighted by atomic mass is 19.1. The zero-order valence-corrected chi connectivity index (χ0v) is 8.94. The lowest BCUT2D eigenvalue weighted by Crippen LogP contribution is -2.11. The largest absolute Gasteiger partial charge is 0.481 e. The number of fused-ring (bicyclic) bond motifs is 1. The molecule has 0 radical (unpaired) electrons. The first kappa shape index (κ1) is 10.6. The normalized spacial score (nSPS) is 12.9. The van der Waals surface area contributed by atoms with Gasteiger partial charge in [-0.25, -0.2) is 9.37 Å². The van der Waals surface area contributed by atoms with E-state index in [0.717, 1.165) is 0 Å². The van der Waals surface area contributed by atoms with Crippen LogP contribution in [0.2, 0.25) is 0 Å². The topological polar surface area (TPSA) is 54.6 Å². The summed E-state index contributed by atoms with van der Waals surface area (Å²) >= 11 is 0. The Bertz CT molecular complexity index is 562. The van der Waals surface area contributed by atoms with Gasteiger partial charge in [-0.1, -0.05) is 0 Å². The summed E-state index contributed by atoms with van der Waals surface area (Å²) in [6.45, 7) is 3.24. The smallest absolute Gasteiger partial charge is 0.312 e. The van der Waals surface area contributed by atoms with E-state index in [1.165, 1.54) is 16.5 Å². The Morgan fingerprint density at radius 1 is 1.62 bits per heavy atom. The van der Waals surface area contributed by atoms with Gasteiger partial charge in [0.1, 0.15) is 0 Å². The Balaban J connectivity index is 2.74. The molecule has 2 rings (SSSR count). The fourth-order valence-corrected chi connectivity index (χ4v) is 1.80. The second kappa shape index (κ2) is 3.59. The van der Waals surface area contributed by atoms with Crippen molar-refractivity contribution in [3.63, 3.8) is 0 Å². The number of pyridine rings is 1. The van der Waals surface area contributed by atoms with Crippen LogP contribution in [0.5, 0.6) is 0 Å². The molecule has 2 heterocycles. The van der Waals surface area contributed by atoms with Gasteiger partial charge in [0.15, 0.2) is 11.5 Å². The van der Waals surface area contributed by atoms with Gasteiger partial charge in [0.05, 0.1) is 17.3 Å². The average molecular weight is 222 g/mol. The number of carboxylic acids is 1. The highest BCUT2D eigenvalue weighted by Crippen LogP contribution is 2.22. The van der Waals surface area contributed by atoms with Crippen LogP contribution in [0.1, 0.15) is 24.2 Å². The highest BCUT2D eigenvalue weighted by molar-refractivity contribution is 5.75. The number of halogens is 1. The van der Waals surface area contributed by atoms with Gasteiger partial charge in [0.25, 0.3) is 0 Å². The summed E-state index contributed by atoms with van der Waals surface area (Å²) in [5.74, 6) is -2.11. The summed E-state index contributed by atoms with van der Waals surface area (Å²) in [6, 6.07) is 2.83. The number of carboxylic acid groups (broad SMARTS) is 1. The third kappa shape index (κ3) is 1.44. The number of hydrogen-bond donors (Lipinski definition) is 1. The fraction of sp³-hybridized carbons (Fsp3) is 0.273. The van der Waals surface area contributed by atoms with E-state index in [4.69, 9.17) is 5.11 Å². The molecule has 0 fully saturated rings. The van der Waals surface area contributed by atoms with Gasteiger partial charge in [-0.15, -0.1) is 0 Å². The van der Waals surface area contributed by atoms with Gasteiger partial charge in [-0.2, -0.15) is 0 Å². The van der Waals surface area contributed by atoms with Crippen molar-refractivity contribution in [3.8, 4) is 0 Å². The van der Waals surface area contributed by atoms with E-state index in [1.54, 1.807) is 20.0 Å². The first-order chi connectivity index (χ1) is 7.52. The van der Waals surface area contributed by atoms with E-state index < -0.39 is 17.7 Å². The maximum atomic E-state index is 13.4. The molecule has 0 aromatic carbocycles. The minimum absolute atomic E-state index is 0.170. The molecule has 1 N–H and O–H groups in total. The molecule has 1 unspecified atom stereocenters. The van der Waals surface area contributed by atoms with Crippen LogP contribution in [0.3, 0.4) is 0 Å². The molecule has 1 atom stereocenters. The number of nitrogens with zero attached hydrogens (tertiary/aromatic N) is 2. The van der Waals surface area contributed by atoms with E-state index in [2.05, 4.69) is 4.98 Å². The van der Waals surface area contributed by atoms with E-state index in [9.17, 15) is 9.18 Å². The maximum absolute atomic E-state index is 13.4. The molecule has 0 amide bonds. The van der Waals surface area contributed by atoms with Crippen LogP contribution in [0.4, 0.5) is 4.39 Å². The number of carbonyl (C=O) groups is 1. The van der Waals surface area contributed by atoms with Crippen molar-refractivity contribution in [2.24, 2.45) is 0 Å². The standard InChI is InChI=1S/C11H11FN2O2/c1-6(11(15)16)9-7(2)13-10-8(12)4-3-5-14(9)10/h3-6H,1-2H3,(H,15,16). The number of rotatable bonds is 2. The second-order valence-corrected chi connectivity index (χ2v) is 3.69. The summed E-state index contributed by atoms with van der Waals surface area (Å²) < 4.78 is 14.9. The first-order valence-electron chi connectivity index (χ1n) is 4.88. The Kier molecular flexibility index (Phi) is 2.38. The summed E-state index contributed by atoms with van der Waals surface area (Å²) in [6.07, 6.45) is 1.62. The van der Waals surface area contributed by atoms with Gasteiger partial charge in [-0.05, 0) is 26.0 Å². The zero-order chi connectivity index (χ0) is 11.9. The molecule has 0 saturated carbocycles. The van der Waals surface area contributed by atoms with Crippen LogP contribution in [0.15, 0.2) is 18.3 Å². The minimum atomic E-state index is -0.950. The van der Waals surface area contributed by atoms with E-state index in [0.29, 0.717) is 11.4 Å². The molecule has 2 aromatic heterocycles. The third-order valence-corrected chi connectivity index (χ3v) is 2.60. The number of hydrogen-bond acceptors (Lipinski definition) is 2. The van der Waals surface area contributed by atoms with Gasteiger partial charge in [0, 0.05) is 6.20 Å². The molecule has 0 aliphatic carbocycles. The van der Waals surface area contributed by atoms with Gasteiger partial charge < -0.3 is 9.51 Å². The number of aromatic nitrogens is 2. The predicted molar refractivity (Wildman–Crippen MR) is 55.9 cm³/mol. The first-order valence-corrected chi connectivity index (χ1v) is 4.88. The summed E-state index contributed by atoms with van der Waals surface area (Å²) in [7, 11) is 0. The van der Waals surface area contributed by atoms with Gasteiger partial charge in [0.2, 0.25) is 0 Å². The molecular weight excluding hydrogens is 211 g/mol. The van der Waals surface area contributed by atoms with Crippen LogP contribution in [-0.2, 0) is 4.79 Å². The summed E-state index contributed by atoms with van der Waals surface area (Å²) in [5, 5.41) is 8.97. The maximum Gasteiger partial charge on any atom is 0.312 e. The van der Waals surface area contributed by atoms with Crippen molar-refractivity contribution in [2.75, 3.05) is 0 Å². The summed E-state index contributed by atoms with van der Waals surface area (Å²) in [5.41, 5.74) is 1.23. The van der Waals surface area contributed by atoms with Crippen molar-refractivity contribution in [1.82, 2.24) is 9.38 Å². The molecule has 0 saturated heterocycles. The van der Waals surface area contributed by atoms with Crippen LogP contribution < -0.4 is 0 Å². The van der Waals surface area contributed by atoms with Crippen molar-refractivity contribution in [3.05, 3.63) is 35.5 Å². The molecule has 84 valence electrons. The Morgan fingerprint density at radius 2 is 2.31 bits per heavy atom. The lowest BCUT2D eigenvalue weighted by atomic mass is 10.1. The van der Waals surface area contributed by atoms with Crippen molar-refractivity contribution in [2.45, 2.75) is 19.8 Å². The van der Waals surface area contributed by atoms with E-state index in [1.807, 2.05) is 0 Å². The van der Waals surface area contributed by atoms with E-state index >= 15 is 0 Å². The molecule has 0 aliphatic rings. The molecule has 0 spiro atoms. The molecule has 4 nitrogen and oxygen atoms in total. The molecule has 16 heavy (non-hydrogen) atoms. The van der Waals surface area contributed by atoms with Crippen molar-refractivity contribution < 1.29 is 14.3 Å². The third-order valence-electron chi connectivity index (χ3n) is 2.60. The van der Waals surface area contributed by atoms with Gasteiger partial charge in [-0.3, -0.25) is 4.79 Å². The molecular formula is C11H11FN2O2. The SMILES string of the molecule is Cc1nc2c(F)cccn2c1C(C)C(=O)O. The van der Waals surface area contributed by atoms with Crippen LogP contribution in [0.25, 0.3) is 5.65 Å². The molecule has 5 heteroatoms. The zero-order valence-electron chi connectivity index (χ0n) is 8.94. The quantitative estimate of drug-likeness (QED) is 0.845. The Hall–Kier alpha value is -1.91. The van der Waals surface area contributed by atoms with E-state index in [-0.39, 0.29) is 5.65 Å². The lowest BCUT2D eigenvalue weighted by Gasteiger charge is -2.07.